The molecule has 0 N–H and O–H groups in total. The largest absolute Gasteiger partial charge is 0.0999 e. The Morgan fingerprint density at radius 2 is 1.56 bits per heavy atom. The molecule has 0 aliphatic carbocycles. The van der Waals surface area contributed by atoms with E-state index in [0.717, 1.165) is 5.92 Å². The molecule has 1 atom stereocenters. The van der Waals surface area contributed by atoms with Gasteiger partial charge in [-0.3, -0.25) is 0 Å². The van der Waals surface area contributed by atoms with Crippen LogP contribution >= 0.6 is 0 Å². The first-order chi connectivity index (χ1) is 7.70. The summed E-state index contributed by atoms with van der Waals surface area (Å²) in [5.41, 5.74) is 1.49. The fourth-order valence-corrected chi connectivity index (χ4v) is 2.00. The first-order valence-corrected chi connectivity index (χ1v) is 7.37. The zero-order valence-electron chi connectivity index (χ0n) is 11.9. The molecule has 0 heterocycles. The van der Waals surface area contributed by atoms with Gasteiger partial charge in [-0.25, -0.2) is 0 Å². The van der Waals surface area contributed by atoms with E-state index in [1.165, 1.54) is 69.8 Å². The first-order valence-electron chi connectivity index (χ1n) is 7.37. The molecule has 0 fully saturated rings. The molecule has 96 valence electrons. The quantitative estimate of drug-likeness (QED) is 0.293. The maximum absolute atomic E-state index is 4.19. The summed E-state index contributed by atoms with van der Waals surface area (Å²) in [5, 5.41) is 0. The van der Waals surface area contributed by atoms with Gasteiger partial charge < -0.3 is 0 Å². The van der Waals surface area contributed by atoms with E-state index in [2.05, 4.69) is 27.4 Å². The second-order valence-corrected chi connectivity index (χ2v) is 5.32. The molecule has 0 aromatic rings. The highest BCUT2D eigenvalue weighted by Crippen LogP contribution is 2.17. The highest BCUT2D eigenvalue weighted by molar-refractivity contribution is 4.93. The molecular formula is C16H32. The number of hydrogen-bond donors (Lipinski definition) is 0. The SMILES string of the molecule is C=C(CCCCCC)CCCCC(C)CC. The summed E-state index contributed by atoms with van der Waals surface area (Å²) in [6, 6.07) is 0. The summed E-state index contributed by atoms with van der Waals surface area (Å²) >= 11 is 0. The second-order valence-electron chi connectivity index (χ2n) is 5.32. The highest BCUT2D eigenvalue weighted by Gasteiger charge is 1.99. The van der Waals surface area contributed by atoms with Crippen LogP contribution in [0.3, 0.4) is 0 Å². The number of hydrogen-bond acceptors (Lipinski definition) is 0. The van der Waals surface area contributed by atoms with Gasteiger partial charge in [0.1, 0.15) is 0 Å². The Labute approximate surface area is 104 Å². The van der Waals surface area contributed by atoms with Crippen molar-refractivity contribution in [3.8, 4) is 0 Å². The van der Waals surface area contributed by atoms with Crippen LogP contribution in [0, 0.1) is 5.92 Å². The standard InChI is InChI=1S/C16H32/c1-5-7-8-9-13-16(4)14-11-10-12-15(3)6-2/h15H,4-14H2,1-3H3. The molecule has 1 unspecified atom stereocenters. The van der Waals surface area contributed by atoms with Crippen LogP contribution in [0.2, 0.25) is 0 Å². The molecule has 0 nitrogen and oxygen atoms in total. The Bertz CT molecular complexity index is 157. The molecule has 0 heteroatoms. The van der Waals surface area contributed by atoms with Gasteiger partial charge in [-0.05, 0) is 31.6 Å². The Morgan fingerprint density at radius 1 is 0.938 bits per heavy atom. The van der Waals surface area contributed by atoms with E-state index in [-0.39, 0.29) is 0 Å². The molecule has 0 spiro atoms. The van der Waals surface area contributed by atoms with E-state index in [1.807, 2.05) is 0 Å². The molecule has 0 amide bonds. The monoisotopic (exact) mass is 224 g/mol. The van der Waals surface area contributed by atoms with Gasteiger partial charge in [0.25, 0.3) is 0 Å². The zero-order valence-corrected chi connectivity index (χ0v) is 11.9. The van der Waals surface area contributed by atoms with Crippen LogP contribution in [-0.2, 0) is 0 Å². The summed E-state index contributed by atoms with van der Waals surface area (Å²) < 4.78 is 0. The lowest BCUT2D eigenvalue weighted by Crippen LogP contribution is -1.92. The lowest BCUT2D eigenvalue weighted by molar-refractivity contribution is 0.482. The van der Waals surface area contributed by atoms with Crippen LogP contribution in [0.1, 0.15) is 85.0 Å². The third kappa shape index (κ3) is 10.3. The average Bonchev–Trinajstić information content (AvgIpc) is 2.30. The minimum absolute atomic E-state index is 0.915. The van der Waals surface area contributed by atoms with E-state index < -0.39 is 0 Å². The fraction of sp³-hybridized carbons (Fsp3) is 0.875. The fourth-order valence-electron chi connectivity index (χ4n) is 2.00. The normalized spacial score (nSPS) is 12.7. The number of unbranched alkanes of at least 4 members (excludes halogenated alkanes) is 4. The number of allylic oxidation sites excluding steroid dienone is 1. The van der Waals surface area contributed by atoms with Gasteiger partial charge in [0.15, 0.2) is 0 Å². The Balaban J connectivity index is 3.24. The lowest BCUT2D eigenvalue weighted by Gasteiger charge is -2.08. The molecule has 0 aliphatic rings. The van der Waals surface area contributed by atoms with Crippen LogP contribution < -0.4 is 0 Å². The van der Waals surface area contributed by atoms with Crippen molar-refractivity contribution in [1.82, 2.24) is 0 Å². The van der Waals surface area contributed by atoms with Crippen LogP contribution in [0.4, 0.5) is 0 Å². The van der Waals surface area contributed by atoms with Gasteiger partial charge >= 0.3 is 0 Å². The molecule has 0 bridgehead atoms. The molecule has 0 aromatic carbocycles. The topological polar surface area (TPSA) is 0 Å². The molecule has 0 saturated heterocycles. The molecule has 0 aromatic heterocycles. The molecule has 0 saturated carbocycles. The van der Waals surface area contributed by atoms with Gasteiger partial charge in [0, 0.05) is 0 Å². The Kier molecular flexibility index (Phi) is 11.0. The average molecular weight is 224 g/mol. The van der Waals surface area contributed by atoms with Crippen LogP contribution in [0.5, 0.6) is 0 Å². The van der Waals surface area contributed by atoms with Crippen molar-refractivity contribution in [2.24, 2.45) is 5.92 Å². The third-order valence-electron chi connectivity index (χ3n) is 3.56. The second kappa shape index (κ2) is 11.2. The summed E-state index contributed by atoms with van der Waals surface area (Å²) in [6.07, 6.45) is 13.5. The van der Waals surface area contributed by atoms with Crippen LogP contribution in [-0.4, -0.2) is 0 Å². The van der Waals surface area contributed by atoms with Gasteiger partial charge in [0.2, 0.25) is 0 Å². The Hall–Kier alpha value is -0.260. The van der Waals surface area contributed by atoms with Crippen molar-refractivity contribution in [2.75, 3.05) is 0 Å². The molecule has 16 heavy (non-hydrogen) atoms. The predicted octanol–water partition coefficient (Wildman–Crippen LogP) is 6.12. The van der Waals surface area contributed by atoms with Crippen molar-refractivity contribution < 1.29 is 0 Å². The minimum atomic E-state index is 0.915. The zero-order chi connectivity index (χ0) is 12.2. The minimum Gasteiger partial charge on any atom is -0.0999 e. The van der Waals surface area contributed by atoms with Crippen molar-refractivity contribution in [3.63, 3.8) is 0 Å². The third-order valence-corrected chi connectivity index (χ3v) is 3.56. The predicted molar refractivity (Wildman–Crippen MR) is 75.8 cm³/mol. The summed E-state index contributed by atoms with van der Waals surface area (Å²) in [5.74, 6) is 0.915. The van der Waals surface area contributed by atoms with Crippen molar-refractivity contribution in [1.29, 1.82) is 0 Å². The maximum atomic E-state index is 4.19. The van der Waals surface area contributed by atoms with Crippen LogP contribution in [0.25, 0.3) is 0 Å². The van der Waals surface area contributed by atoms with Crippen molar-refractivity contribution >= 4 is 0 Å². The van der Waals surface area contributed by atoms with Gasteiger partial charge in [-0.2, -0.15) is 0 Å². The summed E-state index contributed by atoms with van der Waals surface area (Å²) in [7, 11) is 0. The summed E-state index contributed by atoms with van der Waals surface area (Å²) in [4.78, 5) is 0. The van der Waals surface area contributed by atoms with E-state index >= 15 is 0 Å². The smallest absolute Gasteiger partial charge is 0.0323 e. The maximum Gasteiger partial charge on any atom is -0.0323 e. The van der Waals surface area contributed by atoms with E-state index in [9.17, 15) is 0 Å². The van der Waals surface area contributed by atoms with E-state index in [1.54, 1.807) is 0 Å². The van der Waals surface area contributed by atoms with E-state index in [4.69, 9.17) is 0 Å². The molecular weight excluding hydrogens is 192 g/mol. The summed E-state index contributed by atoms with van der Waals surface area (Å²) in [6.45, 7) is 11.1. The van der Waals surface area contributed by atoms with Crippen LogP contribution in [0.15, 0.2) is 12.2 Å². The molecule has 0 radical (unpaired) electrons. The van der Waals surface area contributed by atoms with Gasteiger partial charge in [-0.1, -0.05) is 71.4 Å². The highest BCUT2D eigenvalue weighted by atomic mass is 14.1. The lowest BCUT2D eigenvalue weighted by atomic mass is 9.98. The molecule has 0 rings (SSSR count). The van der Waals surface area contributed by atoms with Crippen molar-refractivity contribution in [3.05, 3.63) is 12.2 Å². The van der Waals surface area contributed by atoms with E-state index in [0.29, 0.717) is 0 Å². The first kappa shape index (κ1) is 15.7. The Morgan fingerprint density at radius 3 is 2.12 bits per heavy atom. The van der Waals surface area contributed by atoms with Crippen molar-refractivity contribution in [2.45, 2.75) is 85.0 Å². The van der Waals surface area contributed by atoms with Gasteiger partial charge in [0.05, 0.1) is 0 Å². The van der Waals surface area contributed by atoms with Gasteiger partial charge in [-0.15, -0.1) is 0 Å². The number of rotatable bonds is 11. The molecule has 0 aliphatic heterocycles.